The van der Waals surface area contributed by atoms with Crippen LogP contribution in [-0.4, -0.2) is 19.1 Å². The van der Waals surface area contributed by atoms with Crippen molar-refractivity contribution in [3.05, 3.63) is 139 Å². The number of hydrogen-bond donors (Lipinski definition) is 1. The van der Waals surface area contributed by atoms with Crippen LogP contribution in [0.5, 0.6) is 0 Å². The van der Waals surface area contributed by atoms with E-state index in [1.54, 1.807) is 0 Å². The standard InChI is InChI=1S/C34H23N5/c1-3-11-23(12-4-1)38-29-17-9-7-15-25(29)27-19-33(35-21-31(27)38)37-34-20-28-26-16-8-10-18-30(26)39(32(28)22-36-34)24-13-5-2-6-14-24/h1-22H,(H,35,36,37). The fourth-order valence-electron chi connectivity index (χ4n) is 5.72. The molecule has 0 saturated carbocycles. The van der Waals surface area contributed by atoms with Crippen LogP contribution in [-0.2, 0) is 0 Å². The second kappa shape index (κ2) is 8.57. The first-order valence-corrected chi connectivity index (χ1v) is 13.0. The summed E-state index contributed by atoms with van der Waals surface area (Å²) in [6.45, 7) is 0. The molecule has 0 aliphatic heterocycles. The maximum atomic E-state index is 4.93. The van der Waals surface area contributed by atoms with Gasteiger partial charge in [0.2, 0.25) is 0 Å². The van der Waals surface area contributed by atoms with Gasteiger partial charge >= 0.3 is 0 Å². The Morgan fingerprint density at radius 1 is 0.513 bits per heavy atom. The van der Waals surface area contributed by atoms with Crippen molar-refractivity contribution >= 4 is 49.4 Å². The van der Waals surface area contributed by atoms with E-state index in [0.717, 1.165) is 49.7 Å². The van der Waals surface area contributed by atoms with E-state index in [0.29, 0.717) is 5.82 Å². The lowest BCUT2D eigenvalue weighted by molar-refractivity contribution is 1.11. The van der Waals surface area contributed by atoms with Crippen LogP contribution < -0.4 is 5.49 Å². The van der Waals surface area contributed by atoms with Crippen molar-refractivity contribution < 1.29 is 0 Å². The minimum Gasteiger partial charge on any atom is -0.344 e. The molecule has 4 aromatic carbocycles. The van der Waals surface area contributed by atoms with Crippen molar-refractivity contribution in [1.29, 1.82) is 0 Å². The molecule has 39 heavy (non-hydrogen) atoms. The number of aromatic amines is 1. The first kappa shape index (κ1) is 21.6. The van der Waals surface area contributed by atoms with Crippen molar-refractivity contribution in [3.63, 3.8) is 0 Å². The summed E-state index contributed by atoms with van der Waals surface area (Å²) in [6, 6.07) is 42.1. The number of nitrogens with zero attached hydrogens (tertiary/aromatic N) is 4. The predicted molar refractivity (Wildman–Crippen MR) is 159 cm³/mol. The van der Waals surface area contributed by atoms with Gasteiger partial charge in [-0.3, -0.25) is 0 Å². The van der Waals surface area contributed by atoms with Crippen LogP contribution in [0.15, 0.2) is 139 Å². The number of rotatable bonds is 3. The number of nitrogens with one attached hydrogen (secondary N) is 1. The summed E-state index contributed by atoms with van der Waals surface area (Å²) < 4.78 is 4.55. The molecule has 0 amide bonds. The molecule has 0 radical (unpaired) electrons. The molecule has 0 saturated heterocycles. The highest BCUT2D eigenvalue weighted by Crippen LogP contribution is 2.33. The topological polar surface area (TPSA) is 50.9 Å². The summed E-state index contributed by atoms with van der Waals surface area (Å²) in [5, 5.41) is 4.65. The summed E-state index contributed by atoms with van der Waals surface area (Å²) in [6.07, 6.45) is 3.97. The first-order valence-electron chi connectivity index (χ1n) is 13.0. The molecule has 0 atom stereocenters. The van der Waals surface area contributed by atoms with E-state index in [9.17, 15) is 0 Å². The lowest BCUT2D eigenvalue weighted by atomic mass is 10.2. The second-order valence-corrected chi connectivity index (χ2v) is 9.66. The zero-order chi connectivity index (χ0) is 25.8. The predicted octanol–water partition coefficient (Wildman–Crippen LogP) is 7.84. The fourth-order valence-corrected chi connectivity index (χ4v) is 5.72. The largest absolute Gasteiger partial charge is 0.344 e. The normalized spacial score (nSPS) is 12.3. The lowest BCUT2D eigenvalue weighted by Crippen LogP contribution is -2.06. The third-order valence-electron chi connectivity index (χ3n) is 7.40. The third-order valence-corrected chi connectivity index (χ3v) is 7.40. The zero-order valence-corrected chi connectivity index (χ0v) is 21.0. The van der Waals surface area contributed by atoms with E-state index in [1.807, 2.05) is 24.5 Å². The van der Waals surface area contributed by atoms with Gasteiger partial charge < -0.3 is 14.1 Å². The van der Waals surface area contributed by atoms with E-state index >= 15 is 0 Å². The number of benzene rings is 4. The molecule has 0 bridgehead atoms. The molecule has 4 heterocycles. The Morgan fingerprint density at radius 3 is 1.69 bits per heavy atom. The average Bonchev–Trinajstić information content (AvgIpc) is 3.50. The average molecular weight is 502 g/mol. The van der Waals surface area contributed by atoms with Gasteiger partial charge in [-0.1, -0.05) is 72.8 Å². The van der Waals surface area contributed by atoms with E-state index in [-0.39, 0.29) is 0 Å². The van der Waals surface area contributed by atoms with Gasteiger partial charge in [0.15, 0.2) is 5.82 Å². The maximum absolute atomic E-state index is 4.93. The summed E-state index contributed by atoms with van der Waals surface area (Å²) in [5.41, 5.74) is 7.49. The Hall–Kier alpha value is -5.42. The van der Waals surface area contributed by atoms with Crippen LogP contribution in [0.25, 0.3) is 55.0 Å². The summed E-state index contributed by atoms with van der Waals surface area (Å²) in [5.74, 6) is 0.667. The van der Waals surface area contributed by atoms with Crippen molar-refractivity contribution in [2.24, 2.45) is 4.99 Å². The van der Waals surface area contributed by atoms with E-state index in [1.165, 1.54) is 10.8 Å². The minimum absolute atomic E-state index is 0.667. The molecular formula is C34H23N5. The van der Waals surface area contributed by atoms with Gasteiger partial charge in [-0.25, -0.2) is 9.98 Å². The molecule has 8 aromatic rings. The van der Waals surface area contributed by atoms with Crippen LogP contribution in [0.1, 0.15) is 0 Å². The molecule has 0 spiro atoms. The zero-order valence-electron chi connectivity index (χ0n) is 21.0. The molecule has 0 unspecified atom stereocenters. The Bertz CT molecular complexity index is 2220. The monoisotopic (exact) mass is 501 g/mol. The number of para-hydroxylation sites is 4. The highest BCUT2D eigenvalue weighted by molar-refractivity contribution is 6.10. The number of aromatic nitrogens is 4. The van der Waals surface area contributed by atoms with Gasteiger partial charge in [-0.05, 0) is 48.5 Å². The maximum Gasteiger partial charge on any atom is 0.154 e. The van der Waals surface area contributed by atoms with Gasteiger partial charge in [0, 0.05) is 39.1 Å². The van der Waals surface area contributed by atoms with E-state index < -0.39 is 0 Å². The number of H-pyrrole nitrogens is 1. The van der Waals surface area contributed by atoms with Crippen LogP contribution in [0.3, 0.4) is 0 Å². The summed E-state index contributed by atoms with van der Waals surface area (Å²) >= 11 is 0. The first-order chi connectivity index (χ1) is 19.3. The van der Waals surface area contributed by atoms with Crippen molar-refractivity contribution in [2.45, 2.75) is 0 Å². The summed E-state index contributed by atoms with van der Waals surface area (Å²) in [7, 11) is 0. The number of pyridine rings is 2. The highest BCUT2D eigenvalue weighted by atomic mass is 15.0. The SMILES string of the molecule is c1ccc(-n2c3ccccc3c3cc(N=c4cc5c6ccccc6n(-c6ccccc6)c5c[nH]4)ncc32)cc1. The molecule has 5 nitrogen and oxygen atoms in total. The Kier molecular flexibility index (Phi) is 4.76. The quantitative estimate of drug-likeness (QED) is 0.263. The number of hydrogen-bond acceptors (Lipinski definition) is 2. The van der Waals surface area contributed by atoms with Crippen molar-refractivity contribution in [2.75, 3.05) is 0 Å². The van der Waals surface area contributed by atoms with Gasteiger partial charge in [0.05, 0.1) is 28.3 Å². The van der Waals surface area contributed by atoms with E-state index in [4.69, 9.17) is 9.98 Å². The van der Waals surface area contributed by atoms with Gasteiger partial charge in [-0.2, -0.15) is 0 Å². The van der Waals surface area contributed by atoms with Crippen molar-refractivity contribution in [3.8, 4) is 11.4 Å². The molecule has 8 rings (SSSR count). The minimum atomic E-state index is 0.667. The number of fused-ring (bicyclic) bond motifs is 6. The van der Waals surface area contributed by atoms with Crippen molar-refractivity contribution in [1.82, 2.24) is 19.1 Å². The lowest BCUT2D eigenvalue weighted by Gasteiger charge is -2.07. The molecule has 0 aliphatic carbocycles. The third kappa shape index (κ3) is 3.41. The van der Waals surface area contributed by atoms with Crippen LogP contribution >= 0.6 is 0 Å². The van der Waals surface area contributed by atoms with Gasteiger partial charge in [0.25, 0.3) is 0 Å². The second-order valence-electron chi connectivity index (χ2n) is 9.66. The Labute approximate surface area is 224 Å². The molecule has 1 N–H and O–H groups in total. The molecule has 0 aliphatic rings. The summed E-state index contributed by atoms with van der Waals surface area (Å²) in [4.78, 5) is 13.1. The smallest absolute Gasteiger partial charge is 0.154 e. The highest BCUT2D eigenvalue weighted by Gasteiger charge is 2.14. The molecule has 0 fully saturated rings. The van der Waals surface area contributed by atoms with Crippen LogP contribution in [0.4, 0.5) is 5.82 Å². The van der Waals surface area contributed by atoms with Gasteiger partial charge in [-0.15, -0.1) is 0 Å². The molecule has 184 valence electrons. The van der Waals surface area contributed by atoms with Gasteiger partial charge in [0.1, 0.15) is 5.49 Å². The molecule has 5 heteroatoms. The molecule has 4 aromatic heterocycles. The van der Waals surface area contributed by atoms with Crippen LogP contribution in [0, 0.1) is 0 Å². The Morgan fingerprint density at radius 2 is 1.05 bits per heavy atom. The molecular weight excluding hydrogens is 478 g/mol. The Balaban J connectivity index is 1.33. The van der Waals surface area contributed by atoms with E-state index in [2.05, 4.69) is 123 Å². The fraction of sp³-hybridized carbons (Fsp3) is 0. The van der Waals surface area contributed by atoms with Crippen LogP contribution in [0.2, 0.25) is 0 Å².